The van der Waals surface area contributed by atoms with Gasteiger partial charge in [-0.1, -0.05) is 35.9 Å². The number of halogens is 1. The molecular formula is C20H17ClN4O2. The molecule has 1 aromatic heterocycles. The molecule has 0 bridgehead atoms. The topological polar surface area (TPSA) is 67.2 Å². The van der Waals surface area contributed by atoms with Gasteiger partial charge in [0.2, 0.25) is 0 Å². The van der Waals surface area contributed by atoms with Gasteiger partial charge in [-0.25, -0.2) is 9.48 Å². The molecule has 1 N–H and O–H groups in total. The maximum absolute atomic E-state index is 13.0. The highest BCUT2D eigenvalue weighted by Crippen LogP contribution is 2.31. The average Bonchev–Trinajstić information content (AvgIpc) is 3.27. The first kappa shape index (κ1) is 17.3. The van der Waals surface area contributed by atoms with Gasteiger partial charge in [-0.3, -0.25) is 9.69 Å². The van der Waals surface area contributed by atoms with Gasteiger partial charge in [0, 0.05) is 17.4 Å². The van der Waals surface area contributed by atoms with Gasteiger partial charge in [0.1, 0.15) is 5.54 Å². The quantitative estimate of drug-likeness (QED) is 0.704. The molecule has 136 valence electrons. The third-order valence-electron chi connectivity index (χ3n) is 4.72. The SMILES string of the molecule is CC1(c2cccc(Cl)c2)NC(=O)N(Cc2ccc(-n3cccn3)cc2)C1=O. The lowest BCUT2D eigenvalue weighted by Crippen LogP contribution is -2.40. The lowest BCUT2D eigenvalue weighted by atomic mass is 9.92. The fourth-order valence-corrected chi connectivity index (χ4v) is 3.38. The zero-order chi connectivity index (χ0) is 19.0. The van der Waals surface area contributed by atoms with E-state index < -0.39 is 11.6 Å². The lowest BCUT2D eigenvalue weighted by Gasteiger charge is -2.22. The molecule has 1 aliphatic heterocycles. The molecule has 27 heavy (non-hydrogen) atoms. The molecule has 2 heterocycles. The Morgan fingerprint density at radius 3 is 2.56 bits per heavy atom. The summed E-state index contributed by atoms with van der Waals surface area (Å²) in [5.41, 5.74) is 1.29. The van der Waals surface area contributed by atoms with Crippen molar-refractivity contribution in [3.05, 3.63) is 83.1 Å². The van der Waals surface area contributed by atoms with Crippen LogP contribution in [0.3, 0.4) is 0 Å². The number of hydrogen-bond donors (Lipinski definition) is 1. The van der Waals surface area contributed by atoms with Crippen molar-refractivity contribution >= 4 is 23.5 Å². The van der Waals surface area contributed by atoms with Gasteiger partial charge in [-0.15, -0.1) is 0 Å². The van der Waals surface area contributed by atoms with E-state index in [1.54, 1.807) is 42.1 Å². The number of carbonyl (C=O) groups is 2. The normalized spacial score (nSPS) is 19.4. The van der Waals surface area contributed by atoms with Crippen LogP contribution < -0.4 is 5.32 Å². The predicted molar refractivity (Wildman–Crippen MR) is 101 cm³/mol. The number of benzene rings is 2. The first-order valence-electron chi connectivity index (χ1n) is 8.46. The van der Waals surface area contributed by atoms with Crippen LogP contribution in [0.4, 0.5) is 4.79 Å². The highest BCUT2D eigenvalue weighted by atomic mass is 35.5. The molecule has 0 spiro atoms. The summed E-state index contributed by atoms with van der Waals surface area (Å²) in [6, 6.07) is 16.0. The third-order valence-corrected chi connectivity index (χ3v) is 4.96. The second-order valence-electron chi connectivity index (χ2n) is 6.57. The standard InChI is InChI=1S/C20H17ClN4O2/c1-20(15-4-2-5-16(21)12-15)18(26)24(19(27)23-20)13-14-6-8-17(9-7-14)25-11-3-10-22-25/h2-12H,13H2,1H3,(H,23,27). The highest BCUT2D eigenvalue weighted by molar-refractivity contribution is 6.30. The molecule has 0 saturated carbocycles. The van der Waals surface area contributed by atoms with Crippen LogP contribution in [-0.2, 0) is 16.9 Å². The Morgan fingerprint density at radius 2 is 1.89 bits per heavy atom. The van der Waals surface area contributed by atoms with E-state index in [0.717, 1.165) is 11.3 Å². The maximum Gasteiger partial charge on any atom is 0.325 e. The van der Waals surface area contributed by atoms with Gasteiger partial charge in [-0.2, -0.15) is 5.10 Å². The molecule has 7 heteroatoms. The second-order valence-corrected chi connectivity index (χ2v) is 7.01. The molecule has 3 amide bonds. The minimum absolute atomic E-state index is 0.195. The average molecular weight is 381 g/mol. The summed E-state index contributed by atoms with van der Waals surface area (Å²) in [4.78, 5) is 26.7. The number of nitrogens with one attached hydrogen (secondary N) is 1. The Bertz CT molecular complexity index is 1000. The van der Waals surface area contributed by atoms with Crippen LogP contribution in [0.25, 0.3) is 5.69 Å². The second kappa shape index (κ2) is 6.55. The number of urea groups is 1. The number of nitrogens with zero attached hydrogens (tertiary/aromatic N) is 3. The number of amides is 3. The van der Waals surface area contributed by atoms with Crippen LogP contribution in [0, 0.1) is 0 Å². The number of aromatic nitrogens is 2. The fourth-order valence-electron chi connectivity index (χ4n) is 3.19. The van der Waals surface area contributed by atoms with Gasteiger partial charge >= 0.3 is 6.03 Å². The van der Waals surface area contributed by atoms with Crippen molar-refractivity contribution in [3.8, 4) is 5.69 Å². The Labute approximate surface area is 161 Å². The molecule has 6 nitrogen and oxygen atoms in total. The van der Waals surface area contributed by atoms with Gasteiger partial charge in [-0.05, 0) is 48.4 Å². The molecular weight excluding hydrogens is 364 g/mol. The van der Waals surface area contributed by atoms with Gasteiger partial charge < -0.3 is 5.32 Å². The Kier molecular flexibility index (Phi) is 4.20. The Balaban J connectivity index is 1.56. The first-order chi connectivity index (χ1) is 13.0. The van der Waals surface area contributed by atoms with Crippen molar-refractivity contribution in [1.82, 2.24) is 20.0 Å². The van der Waals surface area contributed by atoms with Crippen molar-refractivity contribution < 1.29 is 9.59 Å². The van der Waals surface area contributed by atoms with Crippen molar-refractivity contribution in [2.24, 2.45) is 0 Å². The summed E-state index contributed by atoms with van der Waals surface area (Å²) in [7, 11) is 0. The maximum atomic E-state index is 13.0. The van der Waals surface area contributed by atoms with Crippen molar-refractivity contribution in [1.29, 1.82) is 0 Å². The van der Waals surface area contributed by atoms with E-state index >= 15 is 0 Å². The zero-order valence-corrected chi connectivity index (χ0v) is 15.3. The molecule has 4 rings (SSSR count). The van der Waals surface area contributed by atoms with E-state index in [4.69, 9.17) is 11.6 Å². The van der Waals surface area contributed by atoms with E-state index in [1.165, 1.54) is 4.90 Å². The van der Waals surface area contributed by atoms with Gasteiger partial charge in [0.15, 0.2) is 0 Å². The number of imide groups is 1. The molecule has 2 aromatic carbocycles. The minimum Gasteiger partial charge on any atom is -0.319 e. The summed E-state index contributed by atoms with van der Waals surface area (Å²) in [6.45, 7) is 1.89. The van der Waals surface area contributed by atoms with Crippen LogP contribution in [0.1, 0.15) is 18.1 Å². The Morgan fingerprint density at radius 1 is 1.11 bits per heavy atom. The van der Waals surface area contributed by atoms with Crippen LogP contribution >= 0.6 is 11.6 Å². The summed E-state index contributed by atoms with van der Waals surface area (Å²) in [6.07, 6.45) is 3.56. The summed E-state index contributed by atoms with van der Waals surface area (Å²) in [5, 5.41) is 7.49. The van der Waals surface area contributed by atoms with Crippen molar-refractivity contribution in [2.45, 2.75) is 19.0 Å². The molecule has 1 aliphatic rings. The minimum atomic E-state index is -1.13. The largest absolute Gasteiger partial charge is 0.325 e. The van der Waals surface area contributed by atoms with Crippen molar-refractivity contribution in [3.63, 3.8) is 0 Å². The fraction of sp³-hybridized carbons (Fsp3) is 0.150. The molecule has 3 aromatic rings. The monoisotopic (exact) mass is 380 g/mol. The van der Waals surface area contributed by atoms with E-state index in [9.17, 15) is 9.59 Å². The molecule has 1 saturated heterocycles. The summed E-state index contributed by atoms with van der Waals surface area (Å²) in [5.74, 6) is -0.300. The molecule has 1 fully saturated rings. The number of carbonyl (C=O) groups excluding carboxylic acids is 2. The smallest absolute Gasteiger partial charge is 0.319 e. The van der Waals surface area contributed by atoms with Crippen LogP contribution in [0.5, 0.6) is 0 Å². The number of hydrogen-bond acceptors (Lipinski definition) is 3. The molecule has 0 aliphatic carbocycles. The summed E-state index contributed by atoms with van der Waals surface area (Å²) >= 11 is 6.05. The third kappa shape index (κ3) is 3.08. The first-order valence-corrected chi connectivity index (χ1v) is 8.84. The van der Waals surface area contributed by atoms with Crippen LogP contribution in [0.15, 0.2) is 67.0 Å². The number of rotatable bonds is 4. The van der Waals surface area contributed by atoms with E-state index in [2.05, 4.69) is 10.4 Å². The van der Waals surface area contributed by atoms with Gasteiger partial charge in [0.25, 0.3) is 5.91 Å². The van der Waals surface area contributed by atoms with Crippen LogP contribution in [0.2, 0.25) is 5.02 Å². The highest BCUT2D eigenvalue weighted by Gasteiger charge is 2.48. The molecule has 0 radical (unpaired) electrons. The van der Waals surface area contributed by atoms with Crippen molar-refractivity contribution in [2.75, 3.05) is 0 Å². The van der Waals surface area contributed by atoms with Crippen LogP contribution in [-0.4, -0.2) is 26.6 Å². The molecule has 1 unspecified atom stereocenters. The van der Waals surface area contributed by atoms with E-state index in [0.29, 0.717) is 10.6 Å². The predicted octanol–water partition coefficient (Wildman–Crippen LogP) is 3.49. The Hall–Kier alpha value is -3.12. The molecule has 1 atom stereocenters. The zero-order valence-electron chi connectivity index (χ0n) is 14.6. The summed E-state index contributed by atoms with van der Waals surface area (Å²) < 4.78 is 1.74. The van der Waals surface area contributed by atoms with E-state index in [1.807, 2.05) is 36.5 Å². The van der Waals surface area contributed by atoms with E-state index in [-0.39, 0.29) is 12.5 Å². The van der Waals surface area contributed by atoms with Gasteiger partial charge in [0.05, 0.1) is 12.2 Å². The lowest BCUT2D eigenvalue weighted by molar-refractivity contribution is -0.131.